The lowest BCUT2D eigenvalue weighted by Gasteiger charge is -2.27. The largest absolute Gasteiger partial charge is 0.507 e. The van der Waals surface area contributed by atoms with Gasteiger partial charge in [0.1, 0.15) is 11.5 Å². The molecule has 2 heterocycles. The number of ketones is 1. The predicted octanol–water partition coefficient (Wildman–Crippen LogP) is 4.45. The van der Waals surface area contributed by atoms with E-state index in [0.29, 0.717) is 31.1 Å². The van der Waals surface area contributed by atoms with Crippen molar-refractivity contribution in [1.82, 2.24) is 4.90 Å². The lowest BCUT2D eigenvalue weighted by molar-refractivity contribution is -0.140. The number of hydrogen-bond donors (Lipinski definition) is 1. The number of nitrogens with zero attached hydrogens (tertiary/aromatic N) is 1. The number of carbonyl (C=O) groups is 2. The first-order valence-electron chi connectivity index (χ1n) is 10.4. The summed E-state index contributed by atoms with van der Waals surface area (Å²) >= 11 is 3.37. The zero-order valence-corrected chi connectivity index (χ0v) is 18.8. The number of amides is 1. The molecule has 6 nitrogen and oxygen atoms in total. The Morgan fingerprint density at radius 3 is 2.48 bits per heavy atom. The Bertz CT molecular complexity index is 994. The second-order valence-electron chi connectivity index (χ2n) is 7.60. The van der Waals surface area contributed by atoms with Crippen molar-refractivity contribution in [3.05, 3.63) is 69.7 Å². The van der Waals surface area contributed by atoms with Crippen LogP contribution in [-0.4, -0.2) is 47.6 Å². The summed E-state index contributed by atoms with van der Waals surface area (Å²) in [6.07, 6.45) is 1.66. The molecule has 31 heavy (non-hydrogen) atoms. The molecule has 0 saturated carbocycles. The maximum absolute atomic E-state index is 13.0. The van der Waals surface area contributed by atoms with Crippen LogP contribution in [0, 0.1) is 0 Å². The maximum atomic E-state index is 13.0. The molecule has 0 aliphatic carbocycles. The van der Waals surface area contributed by atoms with Gasteiger partial charge in [0, 0.05) is 23.2 Å². The molecule has 2 unspecified atom stereocenters. The summed E-state index contributed by atoms with van der Waals surface area (Å²) in [5.74, 6) is -0.778. The molecule has 0 aromatic heterocycles. The number of likely N-dealkylation sites (tertiary alicyclic amines) is 1. The summed E-state index contributed by atoms with van der Waals surface area (Å²) in [5, 5.41) is 11.1. The van der Waals surface area contributed by atoms with Crippen LogP contribution < -0.4 is 4.74 Å². The Labute approximate surface area is 189 Å². The molecule has 1 amide bonds. The summed E-state index contributed by atoms with van der Waals surface area (Å²) < 4.78 is 12.1. The Morgan fingerprint density at radius 1 is 1.16 bits per heavy atom. The highest BCUT2D eigenvalue weighted by Gasteiger charge is 2.47. The van der Waals surface area contributed by atoms with Gasteiger partial charge in [0.15, 0.2) is 0 Å². The van der Waals surface area contributed by atoms with E-state index in [1.54, 1.807) is 24.3 Å². The normalized spacial score (nSPS) is 22.8. The number of aliphatic hydroxyl groups is 1. The van der Waals surface area contributed by atoms with E-state index in [9.17, 15) is 14.7 Å². The fraction of sp³-hybridized carbons (Fsp3) is 0.333. The molecule has 2 aliphatic rings. The van der Waals surface area contributed by atoms with Crippen LogP contribution in [0.15, 0.2) is 58.6 Å². The van der Waals surface area contributed by atoms with Crippen LogP contribution in [0.4, 0.5) is 0 Å². The summed E-state index contributed by atoms with van der Waals surface area (Å²) in [4.78, 5) is 27.6. The minimum absolute atomic E-state index is 0.0921. The van der Waals surface area contributed by atoms with Crippen LogP contribution in [0.5, 0.6) is 5.75 Å². The number of halogens is 1. The van der Waals surface area contributed by atoms with Crippen LogP contribution >= 0.6 is 15.9 Å². The van der Waals surface area contributed by atoms with Crippen LogP contribution in [-0.2, 0) is 14.3 Å². The molecular formula is C24H24BrNO5. The first-order valence-corrected chi connectivity index (χ1v) is 11.2. The fourth-order valence-corrected chi connectivity index (χ4v) is 4.36. The third kappa shape index (κ3) is 4.38. The highest BCUT2D eigenvalue weighted by atomic mass is 79.9. The second kappa shape index (κ2) is 9.24. The van der Waals surface area contributed by atoms with Gasteiger partial charge in [-0.05, 0) is 49.6 Å². The third-order valence-electron chi connectivity index (χ3n) is 5.59. The number of carbonyl (C=O) groups excluding carboxylic acids is 2. The lowest BCUT2D eigenvalue weighted by atomic mass is 9.95. The van der Waals surface area contributed by atoms with Crippen molar-refractivity contribution in [3.8, 4) is 5.75 Å². The molecule has 2 fully saturated rings. The summed E-state index contributed by atoms with van der Waals surface area (Å²) in [5.41, 5.74) is 1.31. The fourth-order valence-electron chi connectivity index (χ4n) is 4.10. The van der Waals surface area contributed by atoms with Gasteiger partial charge in [-0.3, -0.25) is 9.59 Å². The molecule has 1 N–H and O–H groups in total. The van der Waals surface area contributed by atoms with E-state index in [-0.39, 0.29) is 17.4 Å². The van der Waals surface area contributed by atoms with Gasteiger partial charge in [-0.1, -0.05) is 40.2 Å². The molecule has 0 bridgehead atoms. The average Bonchev–Trinajstić information content (AvgIpc) is 3.37. The van der Waals surface area contributed by atoms with Gasteiger partial charge in [-0.2, -0.15) is 0 Å². The van der Waals surface area contributed by atoms with Crippen molar-refractivity contribution < 1.29 is 24.2 Å². The van der Waals surface area contributed by atoms with Gasteiger partial charge in [0.25, 0.3) is 11.7 Å². The smallest absolute Gasteiger partial charge is 0.295 e. The van der Waals surface area contributed by atoms with E-state index in [4.69, 9.17) is 9.47 Å². The molecule has 162 valence electrons. The average molecular weight is 486 g/mol. The van der Waals surface area contributed by atoms with Crippen molar-refractivity contribution in [1.29, 1.82) is 0 Å². The summed E-state index contributed by atoms with van der Waals surface area (Å²) in [7, 11) is 0. The molecule has 7 heteroatoms. The zero-order chi connectivity index (χ0) is 22.0. The molecule has 0 radical (unpaired) electrons. The number of benzene rings is 2. The van der Waals surface area contributed by atoms with E-state index >= 15 is 0 Å². The summed E-state index contributed by atoms with van der Waals surface area (Å²) in [6.45, 7) is 3.41. The Morgan fingerprint density at radius 2 is 1.87 bits per heavy atom. The maximum Gasteiger partial charge on any atom is 0.295 e. The van der Waals surface area contributed by atoms with Crippen molar-refractivity contribution in [3.63, 3.8) is 0 Å². The van der Waals surface area contributed by atoms with E-state index in [0.717, 1.165) is 22.9 Å². The first-order chi connectivity index (χ1) is 15.0. The van der Waals surface area contributed by atoms with Crippen LogP contribution in [0.1, 0.15) is 36.9 Å². The van der Waals surface area contributed by atoms with Gasteiger partial charge in [0.2, 0.25) is 0 Å². The topological polar surface area (TPSA) is 76.1 Å². The van der Waals surface area contributed by atoms with Gasteiger partial charge >= 0.3 is 0 Å². The van der Waals surface area contributed by atoms with E-state index < -0.39 is 17.7 Å². The van der Waals surface area contributed by atoms with Gasteiger partial charge in [-0.15, -0.1) is 0 Å². The number of aliphatic hydroxyl groups excluding tert-OH is 1. The minimum atomic E-state index is -0.691. The Balaban J connectivity index is 1.78. The Hall–Kier alpha value is -2.64. The SMILES string of the molecule is CCOc1ccc(C2C(=C(O)c3ccc(Br)cc3)C(=O)C(=O)N2CC2CCCO2)cc1. The molecule has 0 spiro atoms. The standard InChI is InChI=1S/C24H24BrNO5/c1-2-30-18-11-7-15(8-12-18)21-20(22(27)16-5-9-17(25)10-6-16)23(28)24(29)26(21)14-19-4-3-13-31-19/h5-12,19,21,27H,2-4,13-14H2,1H3. The van der Waals surface area contributed by atoms with Crippen LogP contribution in [0.3, 0.4) is 0 Å². The summed E-state index contributed by atoms with van der Waals surface area (Å²) in [6, 6.07) is 13.6. The molecule has 2 aromatic carbocycles. The minimum Gasteiger partial charge on any atom is -0.507 e. The van der Waals surface area contributed by atoms with Crippen LogP contribution in [0.2, 0.25) is 0 Å². The predicted molar refractivity (Wildman–Crippen MR) is 120 cm³/mol. The molecule has 2 saturated heterocycles. The molecular weight excluding hydrogens is 462 g/mol. The van der Waals surface area contributed by atoms with E-state index in [2.05, 4.69) is 15.9 Å². The third-order valence-corrected chi connectivity index (χ3v) is 6.12. The van der Waals surface area contributed by atoms with E-state index in [1.165, 1.54) is 4.90 Å². The highest BCUT2D eigenvalue weighted by molar-refractivity contribution is 9.10. The van der Waals surface area contributed by atoms with Crippen molar-refractivity contribution >= 4 is 33.4 Å². The number of ether oxygens (including phenoxy) is 2. The van der Waals surface area contributed by atoms with Gasteiger partial charge in [0.05, 0.1) is 24.3 Å². The molecule has 2 atom stereocenters. The molecule has 2 aliphatic heterocycles. The zero-order valence-electron chi connectivity index (χ0n) is 17.2. The first kappa shape index (κ1) is 21.6. The van der Waals surface area contributed by atoms with Crippen LogP contribution in [0.25, 0.3) is 5.76 Å². The second-order valence-corrected chi connectivity index (χ2v) is 8.51. The number of hydrogen-bond acceptors (Lipinski definition) is 5. The quantitative estimate of drug-likeness (QED) is 0.371. The number of rotatable bonds is 6. The Kier molecular flexibility index (Phi) is 6.43. The highest BCUT2D eigenvalue weighted by Crippen LogP contribution is 2.40. The molecule has 4 rings (SSSR count). The molecule has 2 aromatic rings. The van der Waals surface area contributed by atoms with Crippen molar-refractivity contribution in [2.24, 2.45) is 0 Å². The van der Waals surface area contributed by atoms with Crippen molar-refractivity contribution in [2.75, 3.05) is 19.8 Å². The monoisotopic (exact) mass is 485 g/mol. The lowest BCUT2D eigenvalue weighted by Crippen LogP contribution is -2.36. The van der Waals surface area contributed by atoms with Gasteiger partial charge in [-0.25, -0.2) is 0 Å². The van der Waals surface area contributed by atoms with E-state index in [1.807, 2.05) is 31.2 Å². The number of Topliss-reactive ketones (excluding diaryl/α,β-unsaturated/α-hetero) is 1. The van der Waals surface area contributed by atoms with Gasteiger partial charge < -0.3 is 19.5 Å². The van der Waals surface area contributed by atoms with Crippen molar-refractivity contribution in [2.45, 2.75) is 31.9 Å².